The third-order valence-electron chi connectivity index (χ3n) is 3.03. The number of nitrogens with one attached hydrogen (secondary N) is 1. The number of aryl methyl sites for hydroxylation is 1. The Bertz CT molecular complexity index is 782. The molecule has 7 heteroatoms. The van der Waals surface area contributed by atoms with Crippen LogP contribution in [0.5, 0.6) is 0 Å². The van der Waals surface area contributed by atoms with Crippen LogP contribution in [-0.2, 0) is 11.4 Å². The molecule has 0 spiro atoms. The quantitative estimate of drug-likeness (QED) is 0.624. The van der Waals surface area contributed by atoms with Crippen LogP contribution in [-0.4, -0.2) is 0 Å². The summed E-state index contributed by atoms with van der Waals surface area (Å²) in [6.07, 6.45) is 0. The molecule has 1 heterocycles. The van der Waals surface area contributed by atoms with Crippen LogP contribution < -0.4 is 11.1 Å². The maximum Gasteiger partial charge on any atom is 0.131 e. The van der Waals surface area contributed by atoms with Gasteiger partial charge in [0.15, 0.2) is 0 Å². The zero-order chi connectivity index (χ0) is 14.3. The first-order chi connectivity index (χ1) is 9.58. The lowest BCUT2D eigenvalue weighted by Crippen LogP contribution is -1.99. The van der Waals surface area contributed by atoms with E-state index in [-0.39, 0.29) is 0 Å². The molecular formula is C13H10Cl2N4S. The molecule has 0 aliphatic carbocycles. The van der Waals surface area contributed by atoms with Gasteiger partial charge in [0.1, 0.15) is 11.4 Å². The van der Waals surface area contributed by atoms with Gasteiger partial charge in [-0.3, -0.25) is 0 Å². The lowest BCUT2D eigenvalue weighted by atomic mass is 10.1. The maximum atomic E-state index is 6.26. The molecule has 0 fully saturated rings. The van der Waals surface area contributed by atoms with Crippen molar-refractivity contribution in [3.8, 4) is 0 Å². The summed E-state index contributed by atoms with van der Waals surface area (Å²) in [7, 11) is 0. The van der Waals surface area contributed by atoms with Gasteiger partial charge in [-0.1, -0.05) is 35.3 Å². The van der Waals surface area contributed by atoms with E-state index in [2.05, 4.69) is 14.0 Å². The highest BCUT2D eigenvalue weighted by atomic mass is 35.5. The second-order valence-corrected chi connectivity index (χ2v) is 5.68. The molecule has 0 amide bonds. The Balaban J connectivity index is 2.11. The van der Waals surface area contributed by atoms with E-state index in [9.17, 15) is 0 Å². The van der Waals surface area contributed by atoms with E-state index in [4.69, 9.17) is 28.9 Å². The van der Waals surface area contributed by atoms with E-state index in [0.29, 0.717) is 32.8 Å². The number of nitrogen functional groups attached to an aromatic ring is 1. The third-order valence-corrected chi connectivity index (χ3v) is 4.14. The Labute approximate surface area is 129 Å². The van der Waals surface area contributed by atoms with Crippen molar-refractivity contribution in [1.82, 2.24) is 0 Å². The summed E-state index contributed by atoms with van der Waals surface area (Å²) in [5, 5.41) is 4.20. The van der Waals surface area contributed by atoms with Gasteiger partial charge in [0.2, 0.25) is 0 Å². The normalized spacial score (nSPS) is 12.2. The molecular weight excluding hydrogens is 315 g/mol. The maximum absolute atomic E-state index is 6.26. The van der Waals surface area contributed by atoms with Crippen molar-refractivity contribution in [1.29, 1.82) is 0 Å². The number of rotatable bonds is 2. The first-order valence-corrected chi connectivity index (χ1v) is 7.29. The molecule has 2 aromatic rings. The highest BCUT2D eigenvalue weighted by Gasteiger charge is 2.19. The standard InChI is InChI=1S/C13H10Cl2N4S/c1-6-3-2-4-9(10(6)16)17-11-7(14)5-8(15)12-13(11)19-20-18-12/h2-5,17H,16H2,1H3. The lowest BCUT2D eigenvalue weighted by molar-refractivity contribution is 1.44. The summed E-state index contributed by atoms with van der Waals surface area (Å²) >= 11 is 13.5. The zero-order valence-corrected chi connectivity index (χ0v) is 12.8. The molecule has 102 valence electrons. The minimum Gasteiger partial charge on any atom is -0.397 e. The van der Waals surface area contributed by atoms with Gasteiger partial charge in [-0.05, 0) is 24.6 Å². The van der Waals surface area contributed by atoms with Crippen LogP contribution in [0.25, 0.3) is 0 Å². The Morgan fingerprint density at radius 1 is 1.15 bits per heavy atom. The summed E-state index contributed by atoms with van der Waals surface area (Å²) in [5.74, 6) is 0. The fraction of sp³-hybridized carbons (Fsp3) is 0.0769. The molecule has 2 aromatic carbocycles. The van der Waals surface area contributed by atoms with E-state index in [1.165, 1.54) is 0 Å². The molecule has 0 aromatic heterocycles. The third kappa shape index (κ3) is 2.18. The number of halogens is 2. The molecule has 3 rings (SSSR count). The molecule has 0 saturated carbocycles. The SMILES string of the molecule is Cc1cccc(Nc2c(Cl)cc(Cl)c3c2N=S=N3)c1N. The van der Waals surface area contributed by atoms with Crippen molar-refractivity contribution in [2.45, 2.75) is 6.92 Å². The van der Waals surface area contributed by atoms with Gasteiger partial charge < -0.3 is 11.1 Å². The van der Waals surface area contributed by atoms with Crippen molar-refractivity contribution in [2.24, 2.45) is 8.73 Å². The molecule has 0 saturated heterocycles. The van der Waals surface area contributed by atoms with Crippen molar-refractivity contribution < 1.29 is 0 Å². The number of hydrogen-bond donors (Lipinski definition) is 2. The van der Waals surface area contributed by atoms with Gasteiger partial charge >= 0.3 is 0 Å². The van der Waals surface area contributed by atoms with Crippen LogP contribution in [0.4, 0.5) is 28.4 Å². The molecule has 4 nitrogen and oxygen atoms in total. The van der Waals surface area contributed by atoms with Gasteiger partial charge in [0.05, 0.1) is 38.5 Å². The van der Waals surface area contributed by atoms with Crippen LogP contribution in [0, 0.1) is 6.92 Å². The fourth-order valence-electron chi connectivity index (χ4n) is 1.92. The molecule has 20 heavy (non-hydrogen) atoms. The smallest absolute Gasteiger partial charge is 0.131 e. The summed E-state index contributed by atoms with van der Waals surface area (Å²) in [6.45, 7) is 1.95. The Hall–Kier alpha value is -1.56. The van der Waals surface area contributed by atoms with Crippen LogP contribution in [0.1, 0.15) is 5.56 Å². The van der Waals surface area contributed by atoms with E-state index in [1.807, 2.05) is 25.1 Å². The van der Waals surface area contributed by atoms with Crippen LogP contribution in [0.3, 0.4) is 0 Å². The number of benzene rings is 2. The van der Waals surface area contributed by atoms with Gasteiger partial charge in [-0.15, -0.1) is 0 Å². The van der Waals surface area contributed by atoms with Crippen LogP contribution >= 0.6 is 23.2 Å². The summed E-state index contributed by atoms with van der Waals surface area (Å²) in [5.41, 5.74) is 10.5. The van der Waals surface area contributed by atoms with Gasteiger partial charge in [-0.2, -0.15) is 8.73 Å². The van der Waals surface area contributed by atoms with E-state index < -0.39 is 0 Å². The highest BCUT2D eigenvalue weighted by molar-refractivity contribution is 7.58. The second kappa shape index (κ2) is 5.09. The van der Waals surface area contributed by atoms with Crippen LogP contribution in [0.2, 0.25) is 10.0 Å². The van der Waals surface area contributed by atoms with Crippen molar-refractivity contribution in [3.05, 3.63) is 39.9 Å². The highest BCUT2D eigenvalue weighted by Crippen LogP contribution is 2.48. The van der Waals surface area contributed by atoms with E-state index >= 15 is 0 Å². The van der Waals surface area contributed by atoms with Crippen LogP contribution in [0.15, 0.2) is 33.0 Å². The number of nitrogens with two attached hydrogens (primary N) is 1. The molecule has 0 radical (unpaired) electrons. The topological polar surface area (TPSA) is 62.8 Å². The first-order valence-electron chi connectivity index (χ1n) is 5.80. The Kier molecular flexibility index (Phi) is 3.41. The van der Waals surface area contributed by atoms with Gasteiger partial charge in [0.25, 0.3) is 0 Å². The molecule has 0 unspecified atom stereocenters. The average Bonchev–Trinajstić information content (AvgIpc) is 2.89. The number of fused-ring (bicyclic) bond motifs is 1. The number of anilines is 3. The first kappa shape index (κ1) is 13.4. The summed E-state index contributed by atoms with van der Waals surface area (Å²) in [6, 6.07) is 7.42. The zero-order valence-electron chi connectivity index (χ0n) is 10.4. The monoisotopic (exact) mass is 324 g/mol. The second-order valence-electron chi connectivity index (χ2n) is 4.34. The molecule has 1 aliphatic heterocycles. The minimum absolute atomic E-state index is 0.483. The number of para-hydroxylation sites is 1. The van der Waals surface area contributed by atoms with E-state index in [0.717, 1.165) is 22.6 Å². The van der Waals surface area contributed by atoms with E-state index in [1.54, 1.807) is 6.07 Å². The van der Waals surface area contributed by atoms with Gasteiger partial charge in [0, 0.05) is 0 Å². The van der Waals surface area contributed by atoms with Gasteiger partial charge in [-0.25, -0.2) is 0 Å². The predicted octanol–water partition coefficient (Wildman–Crippen LogP) is 5.35. The minimum atomic E-state index is 0.483. The lowest BCUT2D eigenvalue weighted by Gasteiger charge is -2.14. The average molecular weight is 325 g/mol. The molecule has 0 bridgehead atoms. The van der Waals surface area contributed by atoms with Crippen molar-refractivity contribution in [2.75, 3.05) is 11.1 Å². The molecule has 0 atom stereocenters. The summed E-state index contributed by atoms with van der Waals surface area (Å²) < 4.78 is 8.42. The predicted molar refractivity (Wildman–Crippen MR) is 86.9 cm³/mol. The molecule has 3 N–H and O–H groups in total. The molecule has 1 aliphatic rings. The summed E-state index contributed by atoms with van der Waals surface area (Å²) in [4.78, 5) is 0. The van der Waals surface area contributed by atoms with Crippen molar-refractivity contribution in [3.63, 3.8) is 0 Å². The van der Waals surface area contributed by atoms with Crippen molar-refractivity contribution >= 4 is 63.0 Å². The number of nitrogens with zero attached hydrogens (tertiary/aromatic N) is 2. The Morgan fingerprint density at radius 3 is 2.70 bits per heavy atom. The Morgan fingerprint density at radius 2 is 1.90 bits per heavy atom. The fourth-order valence-corrected chi connectivity index (χ4v) is 3.08. The largest absolute Gasteiger partial charge is 0.397 e. The number of hydrogen-bond acceptors (Lipinski definition) is 4.